The molecule has 0 amide bonds. The lowest BCUT2D eigenvalue weighted by atomic mass is 9.88. The lowest BCUT2D eigenvalue weighted by Gasteiger charge is -2.18. The van der Waals surface area contributed by atoms with E-state index >= 15 is 0 Å². The summed E-state index contributed by atoms with van der Waals surface area (Å²) >= 11 is 0. The van der Waals surface area contributed by atoms with Crippen molar-refractivity contribution in [3.05, 3.63) is 23.8 Å². The van der Waals surface area contributed by atoms with Crippen LogP contribution in [0.1, 0.15) is 11.5 Å². The summed E-state index contributed by atoms with van der Waals surface area (Å²) in [5.74, 6) is 1.24. The average molecular weight is 279 g/mol. The molecule has 1 saturated heterocycles. The second kappa shape index (κ2) is 6.13. The maximum atomic E-state index is 11.9. The Kier molecular flexibility index (Phi) is 4.49. The number of rotatable bonds is 4. The van der Waals surface area contributed by atoms with Gasteiger partial charge in [0.05, 0.1) is 27.2 Å². The number of carbonyl (C=O) groups excluding carboxylic acids is 1. The molecule has 2 rings (SSSR count). The van der Waals surface area contributed by atoms with E-state index in [0.717, 1.165) is 23.6 Å². The minimum absolute atomic E-state index is 0.0939. The molecule has 0 bridgehead atoms. The molecule has 1 aliphatic heterocycles. The first kappa shape index (κ1) is 14.7. The van der Waals surface area contributed by atoms with Crippen LogP contribution in [0.4, 0.5) is 0 Å². The van der Waals surface area contributed by atoms with Crippen molar-refractivity contribution in [2.24, 2.45) is 5.92 Å². The molecule has 0 aromatic heterocycles. The zero-order chi connectivity index (χ0) is 14.7. The van der Waals surface area contributed by atoms with Crippen LogP contribution in [0.25, 0.3) is 0 Å². The Labute approximate surface area is 119 Å². The summed E-state index contributed by atoms with van der Waals surface area (Å²) in [6.45, 7) is 1.52. The zero-order valence-electron chi connectivity index (χ0n) is 12.4. The van der Waals surface area contributed by atoms with E-state index in [1.807, 2.05) is 25.2 Å². The lowest BCUT2D eigenvalue weighted by Crippen LogP contribution is -2.23. The molecule has 1 aromatic rings. The Morgan fingerprint density at radius 2 is 1.70 bits per heavy atom. The summed E-state index contributed by atoms with van der Waals surface area (Å²) in [4.78, 5) is 14.1. The molecular weight excluding hydrogens is 258 g/mol. The molecule has 0 saturated carbocycles. The molecule has 1 heterocycles. The third kappa shape index (κ3) is 2.88. The molecule has 0 radical (unpaired) electrons. The molecular formula is C15H21NO4. The minimum atomic E-state index is -0.166. The Bertz CT molecular complexity index is 467. The third-order valence-corrected chi connectivity index (χ3v) is 3.81. The Morgan fingerprint density at radius 3 is 2.20 bits per heavy atom. The van der Waals surface area contributed by atoms with Crippen molar-refractivity contribution in [2.75, 3.05) is 41.5 Å². The predicted molar refractivity (Wildman–Crippen MR) is 75.3 cm³/mol. The quantitative estimate of drug-likeness (QED) is 0.782. The lowest BCUT2D eigenvalue weighted by molar-refractivity contribution is -0.145. The van der Waals surface area contributed by atoms with Crippen LogP contribution in [0, 0.1) is 5.92 Å². The molecule has 0 aliphatic carbocycles. The number of likely N-dealkylation sites (tertiary alicyclic amines) is 1. The van der Waals surface area contributed by atoms with Crippen LogP contribution in [-0.4, -0.2) is 52.3 Å². The first-order chi connectivity index (χ1) is 9.58. The number of likely N-dealkylation sites (N-methyl/N-ethyl adjacent to an activating group) is 1. The van der Waals surface area contributed by atoms with Gasteiger partial charge in [-0.05, 0) is 24.7 Å². The molecule has 2 unspecified atom stereocenters. The maximum Gasteiger partial charge on any atom is 0.310 e. The molecule has 1 aliphatic rings. The van der Waals surface area contributed by atoms with Gasteiger partial charge in [0.2, 0.25) is 0 Å². The Hall–Kier alpha value is -1.75. The highest BCUT2D eigenvalue weighted by Gasteiger charge is 2.38. The molecule has 5 nitrogen and oxygen atoms in total. The summed E-state index contributed by atoms with van der Waals surface area (Å²) < 4.78 is 15.5. The van der Waals surface area contributed by atoms with Gasteiger partial charge < -0.3 is 19.1 Å². The fourth-order valence-corrected chi connectivity index (χ4v) is 2.77. The van der Waals surface area contributed by atoms with Crippen molar-refractivity contribution in [1.82, 2.24) is 4.90 Å². The number of esters is 1. The molecule has 1 fully saturated rings. The van der Waals surface area contributed by atoms with Gasteiger partial charge in [-0.2, -0.15) is 0 Å². The largest absolute Gasteiger partial charge is 0.497 e. The molecule has 0 spiro atoms. The maximum absolute atomic E-state index is 11.9. The van der Waals surface area contributed by atoms with E-state index in [0.29, 0.717) is 6.54 Å². The van der Waals surface area contributed by atoms with Crippen molar-refractivity contribution in [3.8, 4) is 11.5 Å². The van der Waals surface area contributed by atoms with Gasteiger partial charge in [0.15, 0.2) is 0 Å². The number of nitrogens with zero attached hydrogens (tertiary/aromatic N) is 1. The average Bonchev–Trinajstić information content (AvgIpc) is 2.87. The number of hydrogen-bond donors (Lipinski definition) is 0. The Balaban J connectivity index is 2.35. The number of benzene rings is 1. The molecule has 110 valence electrons. The van der Waals surface area contributed by atoms with Crippen LogP contribution >= 0.6 is 0 Å². The summed E-state index contributed by atoms with van der Waals surface area (Å²) in [6, 6.07) is 5.75. The molecule has 1 aromatic carbocycles. The van der Waals surface area contributed by atoms with Crippen LogP contribution in [0.2, 0.25) is 0 Å². The highest BCUT2D eigenvalue weighted by atomic mass is 16.5. The second-order valence-electron chi connectivity index (χ2n) is 5.10. The van der Waals surface area contributed by atoms with E-state index < -0.39 is 0 Å². The van der Waals surface area contributed by atoms with Gasteiger partial charge in [-0.1, -0.05) is 0 Å². The van der Waals surface area contributed by atoms with E-state index in [4.69, 9.17) is 14.2 Å². The molecule has 20 heavy (non-hydrogen) atoms. The second-order valence-corrected chi connectivity index (χ2v) is 5.10. The number of ether oxygens (including phenoxy) is 3. The van der Waals surface area contributed by atoms with Crippen LogP contribution in [0.15, 0.2) is 18.2 Å². The van der Waals surface area contributed by atoms with Crippen molar-refractivity contribution in [1.29, 1.82) is 0 Å². The first-order valence-corrected chi connectivity index (χ1v) is 6.58. The van der Waals surface area contributed by atoms with Gasteiger partial charge in [-0.15, -0.1) is 0 Å². The van der Waals surface area contributed by atoms with Gasteiger partial charge in [0.1, 0.15) is 11.5 Å². The van der Waals surface area contributed by atoms with Gasteiger partial charge in [-0.25, -0.2) is 0 Å². The summed E-state index contributed by atoms with van der Waals surface area (Å²) in [5.41, 5.74) is 1.04. The van der Waals surface area contributed by atoms with E-state index in [9.17, 15) is 4.79 Å². The minimum Gasteiger partial charge on any atom is -0.497 e. The smallest absolute Gasteiger partial charge is 0.310 e. The molecule has 0 N–H and O–H groups in total. The van der Waals surface area contributed by atoms with Crippen molar-refractivity contribution < 1.29 is 19.0 Å². The van der Waals surface area contributed by atoms with Crippen molar-refractivity contribution in [3.63, 3.8) is 0 Å². The summed E-state index contributed by atoms with van der Waals surface area (Å²) in [5, 5.41) is 0. The SMILES string of the molecule is COC(=O)C1CN(C)CC1c1cc(OC)cc(OC)c1. The number of carbonyl (C=O) groups is 1. The van der Waals surface area contributed by atoms with E-state index in [1.165, 1.54) is 7.11 Å². The fourth-order valence-electron chi connectivity index (χ4n) is 2.77. The van der Waals surface area contributed by atoms with E-state index in [1.54, 1.807) is 14.2 Å². The Morgan fingerprint density at radius 1 is 1.10 bits per heavy atom. The topological polar surface area (TPSA) is 48.0 Å². The fraction of sp³-hybridized carbons (Fsp3) is 0.533. The zero-order valence-corrected chi connectivity index (χ0v) is 12.4. The van der Waals surface area contributed by atoms with Gasteiger partial charge >= 0.3 is 5.97 Å². The molecule has 2 atom stereocenters. The van der Waals surface area contributed by atoms with Crippen molar-refractivity contribution >= 4 is 5.97 Å². The third-order valence-electron chi connectivity index (χ3n) is 3.81. The highest BCUT2D eigenvalue weighted by molar-refractivity contribution is 5.74. The van der Waals surface area contributed by atoms with Gasteiger partial charge in [0.25, 0.3) is 0 Å². The normalized spacial score (nSPS) is 22.6. The molecule has 5 heteroatoms. The summed E-state index contributed by atoms with van der Waals surface area (Å²) in [7, 11) is 6.69. The van der Waals surface area contributed by atoms with Crippen LogP contribution in [0.5, 0.6) is 11.5 Å². The standard InChI is InChI=1S/C15H21NO4/c1-16-8-13(14(9-16)15(17)20-4)10-5-11(18-2)7-12(6-10)19-3/h5-7,13-14H,8-9H2,1-4H3. The highest BCUT2D eigenvalue weighted by Crippen LogP contribution is 2.36. The van der Waals surface area contributed by atoms with Crippen molar-refractivity contribution in [2.45, 2.75) is 5.92 Å². The van der Waals surface area contributed by atoms with E-state index in [2.05, 4.69) is 4.90 Å². The van der Waals surface area contributed by atoms with Gasteiger partial charge in [0, 0.05) is 25.1 Å². The van der Waals surface area contributed by atoms with Crippen LogP contribution < -0.4 is 9.47 Å². The predicted octanol–water partition coefficient (Wildman–Crippen LogP) is 1.52. The monoisotopic (exact) mass is 279 g/mol. The van der Waals surface area contributed by atoms with Gasteiger partial charge in [-0.3, -0.25) is 4.79 Å². The van der Waals surface area contributed by atoms with Crippen LogP contribution in [0.3, 0.4) is 0 Å². The number of methoxy groups -OCH3 is 3. The van der Waals surface area contributed by atoms with Crippen LogP contribution in [-0.2, 0) is 9.53 Å². The number of hydrogen-bond acceptors (Lipinski definition) is 5. The van der Waals surface area contributed by atoms with E-state index in [-0.39, 0.29) is 17.8 Å². The first-order valence-electron chi connectivity index (χ1n) is 6.58. The summed E-state index contributed by atoms with van der Waals surface area (Å²) in [6.07, 6.45) is 0.